The van der Waals surface area contributed by atoms with Gasteiger partial charge in [-0.2, -0.15) is 0 Å². The number of aromatic hydroxyl groups is 1. The second-order valence-electron chi connectivity index (χ2n) is 7.35. The fourth-order valence-electron chi connectivity index (χ4n) is 5.34. The highest BCUT2D eigenvalue weighted by Gasteiger charge is 2.62. The summed E-state index contributed by atoms with van der Waals surface area (Å²) in [7, 11) is 0. The topological polar surface area (TPSA) is 52.9 Å². The first kappa shape index (κ1) is 15.7. The highest BCUT2D eigenvalue weighted by Crippen LogP contribution is 2.60. The second-order valence-corrected chi connectivity index (χ2v) is 7.35. The van der Waals surface area contributed by atoms with E-state index >= 15 is 0 Å². The van der Waals surface area contributed by atoms with Gasteiger partial charge in [0.2, 0.25) is 0 Å². The Bertz CT molecular complexity index is 700. The van der Waals surface area contributed by atoms with Gasteiger partial charge in [-0.25, -0.2) is 0 Å². The first-order chi connectivity index (χ1) is 11.5. The van der Waals surface area contributed by atoms with Crippen molar-refractivity contribution in [3.05, 3.63) is 48.6 Å². The van der Waals surface area contributed by atoms with Crippen molar-refractivity contribution in [1.82, 2.24) is 4.90 Å². The van der Waals surface area contributed by atoms with Gasteiger partial charge in [-0.1, -0.05) is 25.1 Å². The molecule has 1 fully saturated rings. The van der Waals surface area contributed by atoms with Crippen LogP contribution in [-0.2, 0) is 11.8 Å². The predicted octanol–water partition coefficient (Wildman–Crippen LogP) is 2.39. The number of rotatable bonds is 4. The van der Waals surface area contributed by atoms with Crippen molar-refractivity contribution in [3.8, 4) is 11.5 Å². The Morgan fingerprint density at radius 1 is 1.46 bits per heavy atom. The Balaban J connectivity index is 1.90. The number of hydrogen-bond donors (Lipinski definition) is 2. The van der Waals surface area contributed by atoms with Crippen LogP contribution < -0.4 is 4.74 Å². The zero-order valence-corrected chi connectivity index (χ0v) is 14.1. The molecule has 0 unspecified atom stereocenters. The zero-order valence-electron chi connectivity index (χ0n) is 14.1. The Morgan fingerprint density at radius 2 is 2.25 bits per heavy atom. The molecule has 1 saturated heterocycles. The molecule has 5 atom stereocenters. The molecule has 4 nitrogen and oxygen atoms in total. The maximum Gasteiger partial charge on any atom is 0.165 e. The molecule has 128 valence electrons. The third-order valence-corrected chi connectivity index (χ3v) is 6.46. The first-order valence-corrected chi connectivity index (χ1v) is 8.72. The minimum absolute atomic E-state index is 0.172. The minimum Gasteiger partial charge on any atom is -0.504 e. The molecule has 0 saturated carbocycles. The van der Waals surface area contributed by atoms with Gasteiger partial charge in [0.25, 0.3) is 0 Å². The van der Waals surface area contributed by atoms with E-state index in [1.165, 1.54) is 5.56 Å². The third-order valence-electron chi connectivity index (χ3n) is 6.46. The van der Waals surface area contributed by atoms with Crippen LogP contribution in [0.5, 0.6) is 11.5 Å². The first-order valence-electron chi connectivity index (χ1n) is 8.72. The lowest BCUT2D eigenvalue weighted by atomic mass is 9.55. The van der Waals surface area contributed by atoms with E-state index in [0.29, 0.717) is 17.7 Å². The summed E-state index contributed by atoms with van der Waals surface area (Å²) in [6, 6.07) is 4.13. The number of likely N-dealkylation sites (tertiary alicyclic amines) is 1. The van der Waals surface area contributed by atoms with E-state index in [4.69, 9.17) is 4.74 Å². The maximum atomic E-state index is 10.6. The van der Waals surface area contributed by atoms with Crippen LogP contribution in [0.1, 0.15) is 24.5 Å². The third kappa shape index (κ3) is 1.81. The highest BCUT2D eigenvalue weighted by molar-refractivity contribution is 5.60. The number of aliphatic hydroxyl groups excluding tert-OH is 1. The molecule has 3 aliphatic rings. The number of fused-ring (bicyclic) bond motifs is 1. The Labute approximate surface area is 143 Å². The number of ether oxygens (including phenoxy) is 1. The van der Waals surface area contributed by atoms with Crippen molar-refractivity contribution < 1.29 is 14.9 Å². The van der Waals surface area contributed by atoms with Crippen molar-refractivity contribution in [3.63, 3.8) is 0 Å². The van der Waals surface area contributed by atoms with E-state index in [0.717, 1.165) is 31.5 Å². The number of aliphatic hydroxyl groups is 1. The quantitative estimate of drug-likeness (QED) is 0.834. The lowest BCUT2D eigenvalue weighted by molar-refractivity contribution is -0.0483. The maximum absolute atomic E-state index is 10.6. The van der Waals surface area contributed by atoms with Crippen LogP contribution in [0.2, 0.25) is 0 Å². The summed E-state index contributed by atoms with van der Waals surface area (Å²) in [6.45, 7) is 11.7. The molecule has 1 aromatic rings. The number of phenolic OH excluding ortho intramolecular Hbond substituents is 1. The van der Waals surface area contributed by atoms with Crippen LogP contribution in [0.15, 0.2) is 37.4 Å². The molecule has 2 N–H and O–H groups in total. The van der Waals surface area contributed by atoms with Gasteiger partial charge >= 0.3 is 0 Å². The van der Waals surface area contributed by atoms with Crippen molar-refractivity contribution in [2.45, 2.75) is 43.4 Å². The summed E-state index contributed by atoms with van der Waals surface area (Å²) >= 11 is 0. The van der Waals surface area contributed by atoms with Gasteiger partial charge in [-0.3, -0.25) is 4.90 Å². The van der Waals surface area contributed by atoms with E-state index in [1.54, 1.807) is 12.1 Å². The molecule has 1 aromatic carbocycles. The summed E-state index contributed by atoms with van der Waals surface area (Å²) < 4.78 is 6.15. The molecular weight excluding hydrogens is 302 g/mol. The SMILES string of the molecule is C=CCN1CC[C@]23c4c(ccc(O)c4O[C@H]2[C@@H](O)C=C)C[C@@H]1[C@@H]3C. The number of piperidine rings is 1. The summed E-state index contributed by atoms with van der Waals surface area (Å²) in [4.78, 5) is 2.48. The summed E-state index contributed by atoms with van der Waals surface area (Å²) in [5.74, 6) is 1.06. The smallest absolute Gasteiger partial charge is 0.165 e. The monoisotopic (exact) mass is 327 g/mol. The molecule has 1 spiro atoms. The average Bonchev–Trinajstić information content (AvgIpc) is 2.92. The number of nitrogens with zero attached hydrogens (tertiary/aromatic N) is 1. The molecule has 0 aromatic heterocycles. The molecule has 0 radical (unpaired) electrons. The molecule has 4 heteroatoms. The van der Waals surface area contributed by atoms with Gasteiger partial charge in [0.1, 0.15) is 12.2 Å². The van der Waals surface area contributed by atoms with Crippen molar-refractivity contribution in [2.75, 3.05) is 13.1 Å². The molecule has 1 aliphatic carbocycles. The predicted molar refractivity (Wildman–Crippen MR) is 93.4 cm³/mol. The molecule has 24 heavy (non-hydrogen) atoms. The lowest BCUT2D eigenvalue weighted by Crippen LogP contribution is -2.63. The molecule has 4 rings (SSSR count). The standard InChI is InChI=1S/C20H25NO3/c1-4-9-21-10-8-20-12(3)14(21)11-13-6-7-16(23)18(17(13)20)24-19(20)15(22)5-2/h4-7,12,14-15,19,22-23H,1-2,8-11H2,3H3/t12-,14+,15-,19-,20-/m0/s1. The second kappa shape index (κ2) is 5.36. The Hall–Kier alpha value is -1.78. The Morgan fingerprint density at radius 3 is 2.96 bits per heavy atom. The van der Waals surface area contributed by atoms with Crippen LogP contribution in [0.25, 0.3) is 0 Å². The van der Waals surface area contributed by atoms with Crippen LogP contribution in [-0.4, -0.2) is 46.5 Å². The van der Waals surface area contributed by atoms with E-state index in [2.05, 4.69) is 25.0 Å². The van der Waals surface area contributed by atoms with Gasteiger partial charge < -0.3 is 14.9 Å². The van der Waals surface area contributed by atoms with Crippen molar-refractivity contribution in [1.29, 1.82) is 0 Å². The fourth-order valence-corrected chi connectivity index (χ4v) is 5.34. The normalized spacial score (nSPS) is 35.0. The van der Waals surface area contributed by atoms with Crippen molar-refractivity contribution in [2.24, 2.45) is 5.92 Å². The van der Waals surface area contributed by atoms with Crippen LogP contribution in [0.4, 0.5) is 0 Å². The van der Waals surface area contributed by atoms with E-state index in [1.807, 2.05) is 12.1 Å². The average molecular weight is 327 g/mol. The highest BCUT2D eigenvalue weighted by atomic mass is 16.5. The fraction of sp³-hybridized carbons (Fsp3) is 0.500. The van der Waals surface area contributed by atoms with E-state index in [9.17, 15) is 10.2 Å². The van der Waals surface area contributed by atoms with Gasteiger partial charge in [-0.15, -0.1) is 13.2 Å². The number of phenols is 1. The van der Waals surface area contributed by atoms with Crippen LogP contribution in [0, 0.1) is 5.92 Å². The molecular formula is C20H25NO3. The number of hydrogen-bond acceptors (Lipinski definition) is 4. The minimum atomic E-state index is -0.753. The largest absolute Gasteiger partial charge is 0.504 e. The van der Waals surface area contributed by atoms with Gasteiger partial charge in [0.15, 0.2) is 11.5 Å². The van der Waals surface area contributed by atoms with Gasteiger partial charge in [-0.05, 0) is 36.9 Å². The van der Waals surface area contributed by atoms with E-state index < -0.39 is 6.10 Å². The molecule has 2 bridgehead atoms. The Kier molecular flexibility index (Phi) is 3.52. The summed E-state index contributed by atoms with van der Waals surface area (Å²) in [5.41, 5.74) is 2.09. The van der Waals surface area contributed by atoms with Crippen LogP contribution in [0.3, 0.4) is 0 Å². The number of benzene rings is 1. The van der Waals surface area contributed by atoms with Crippen molar-refractivity contribution >= 4 is 0 Å². The van der Waals surface area contributed by atoms with Gasteiger partial charge in [0.05, 0.1) is 0 Å². The lowest BCUT2D eigenvalue weighted by Gasteiger charge is -2.55. The molecule has 2 heterocycles. The molecule has 2 aliphatic heterocycles. The summed E-state index contributed by atoms with van der Waals surface area (Å²) in [6.07, 6.45) is 4.22. The van der Waals surface area contributed by atoms with E-state index in [-0.39, 0.29) is 17.3 Å². The van der Waals surface area contributed by atoms with Gasteiger partial charge in [0, 0.05) is 23.6 Å². The van der Waals surface area contributed by atoms with Crippen LogP contribution >= 0.6 is 0 Å². The zero-order chi connectivity index (χ0) is 17.1. The molecule has 0 amide bonds. The summed E-state index contributed by atoms with van der Waals surface area (Å²) in [5, 5.41) is 20.9.